The van der Waals surface area contributed by atoms with Crippen LogP contribution in [0.4, 0.5) is 5.69 Å². The molecular weight excluding hydrogens is 296 g/mol. The molecule has 1 N–H and O–H groups in total. The van der Waals surface area contributed by atoms with Crippen molar-refractivity contribution in [1.29, 1.82) is 0 Å². The highest BCUT2D eigenvalue weighted by Gasteiger charge is 2.30. The summed E-state index contributed by atoms with van der Waals surface area (Å²) in [5.74, 6) is 2.51. The normalized spacial score (nSPS) is 22.1. The van der Waals surface area contributed by atoms with Crippen LogP contribution in [-0.2, 0) is 6.42 Å². The van der Waals surface area contributed by atoms with Gasteiger partial charge < -0.3 is 5.32 Å². The molecule has 4 nitrogen and oxygen atoms in total. The minimum absolute atomic E-state index is 0.142. The highest BCUT2D eigenvalue weighted by molar-refractivity contribution is 7.99. The molecule has 6 heteroatoms. The zero-order valence-corrected chi connectivity index (χ0v) is 13.0. The summed E-state index contributed by atoms with van der Waals surface area (Å²) in [5, 5.41) is 15.2. The monoisotopic (exact) mass is 314 g/mol. The van der Waals surface area contributed by atoms with E-state index in [1.807, 2.05) is 11.8 Å². The summed E-state index contributed by atoms with van der Waals surface area (Å²) in [6.07, 6.45) is 1.77. The quantitative estimate of drug-likeness (QED) is 0.645. The molecule has 0 radical (unpaired) electrons. The van der Waals surface area contributed by atoms with Crippen molar-refractivity contribution in [3.05, 3.63) is 38.9 Å². The molecule has 110 valence electrons. The third-order valence-corrected chi connectivity index (χ3v) is 5.22. The molecule has 0 saturated carbocycles. The Labute approximate surface area is 128 Å². The summed E-state index contributed by atoms with van der Waals surface area (Å²) in [4.78, 5) is 10.8. The zero-order valence-electron chi connectivity index (χ0n) is 11.5. The highest BCUT2D eigenvalue weighted by Crippen LogP contribution is 2.33. The Kier molecular flexibility index (Phi) is 5.69. The van der Waals surface area contributed by atoms with E-state index in [4.69, 9.17) is 11.6 Å². The molecular formula is C14H19ClN2O2S. The number of nitro groups is 1. The van der Waals surface area contributed by atoms with E-state index in [-0.39, 0.29) is 10.6 Å². The Morgan fingerprint density at radius 3 is 3.00 bits per heavy atom. The maximum Gasteiger partial charge on any atom is 0.274 e. The Bertz CT molecular complexity index is 484. The fourth-order valence-corrected chi connectivity index (χ4v) is 4.22. The number of thioether (sulfide) groups is 1. The molecule has 1 fully saturated rings. The van der Waals surface area contributed by atoms with Gasteiger partial charge in [0.1, 0.15) is 0 Å². The van der Waals surface area contributed by atoms with Crippen LogP contribution >= 0.6 is 23.4 Å². The van der Waals surface area contributed by atoms with Crippen LogP contribution in [0.15, 0.2) is 18.2 Å². The zero-order chi connectivity index (χ0) is 14.5. The number of benzene rings is 1. The van der Waals surface area contributed by atoms with E-state index in [1.165, 1.54) is 6.07 Å². The Balaban J connectivity index is 2.14. The molecule has 2 atom stereocenters. The van der Waals surface area contributed by atoms with E-state index in [0.29, 0.717) is 29.0 Å². The lowest BCUT2D eigenvalue weighted by Gasteiger charge is -2.20. The van der Waals surface area contributed by atoms with Gasteiger partial charge in [-0.2, -0.15) is 11.8 Å². The lowest BCUT2D eigenvalue weighted by molar-refractivity contribution is -0.385. The largest absolute Gasteiger partial charge is 0.313 e. The van der Waals surface area contributed by atoms with Crippen molar-refractivity contribution in [1.82, 2.24) is 5.32 Å². The van der Waals surface area contributed by atoms with E-state index < -0.39 is 0 Å². The van der Waals surface area contributed by atoms with E-state index in [9.17, 15) is 10.1 Å². The van der Waals surface area contributed by atoms with E-state index in [2.05, 4.69) is 12.2 Å². The summed E-state index contributed by atoms with van der Waals surface area (Å²) in [5.41, 5.74) is 0.818. The maximum atomic E-state index is 11.1. The second kappa shape index (κ2) is 7.29. The van der Waals surface area contributed by atoms with Crippen LogP contribution < -0.4 is 5.32 Å². The summed E-state index contributed by atoms with van der Waals surface area (Å²) in [6.45, 7) is 3.13. The minimum Gasteiger partial charge on any atom is -0.313 e. The van der Waals surface area contributed by atoms with Gasteiger partial charge in [0.2, 0.25) is 0 Å². The van der Waals surface area contributed by atoms with Crippen LogP contribution in [-0.4, -0.2) is 29.0 Å². The van der Waals surface area contributed by atoms with E-state index in [0.717, 1.165) is 24.5 Å². The predicted octanol–water partition coefficient (Wildman–Crippen LogP) is 3.52. The van der Waals surface area contributed by atoms with Gasteiger partial charge in [-0.15, -0.1) is 0 Å². The number of hydrogen-bond acceptors (Lipinski definition) is 4. The van der Waals surface area contributed by atoms with Crippen molar-refractivity contribution < 1.29 is 4.92 Å². The lowest BCUT2D eigenvalue weighted by Crippen LogP contribution is -2.36. The van der Waals surface area contributed by atoms with Crippen molar-refractivity contribution in [2.75, 3.05) is 18.1 Å². The molecule has 0 aliphatic carbocycles. The van der Waals surface area contributed by atoms with Crippen LogP contribution in [0.3, 0.4) is 0 Å². The summed E-state index contributed by atoms with van der Waals surface area (Å²) in [7, 11) is 0. The number of nitrogens with zero attached hydrogens (tertiary/aromatic N) is 1. The van der Waals surface area contributed by atoms with Gasteiger partial charge in [0.05, 0.1) is 9.95 Å². The third kappa shape index (κ3) is 3.65. The molecule has 1 aliphatic rings. The average molecular weight is 315 g/mol. The molecule has 0 spiro atoms. The number of nitro benzene ring substituents is 1. The van der Waals surface area contributed by atoms with Crippen LogP contribution in [0, 0.1) is 16.0 Å². The molecule has 1 aromatic rings. The van der Waals surface area contributed by atoms with Gasteiger partial charge in [-0.25, -0.2) is 0 Å². The van der Waals surface area contributed by atoms with Gasteiger partial charge in [0, 0.05) is 23.4 Å². The Morgan fingerprint density at radius 1 is 1.50 bits per heavy atom. The molecule has 2 rings (SSSR count). The van der Waals surface area contributed by atoms with Crippen LogP contribution in [0.5, 0.6) is 0 Å². The second-order valence-electron chi connectivity index (χ2n) is 5.06. The van der Waals surface area contributed by atoms with Crippen molar-refractivity contribution in [2.45, 2.75) is 25.8 Å². The molecule has 20 heavy (non-hydrogen) atoms. The van der Waals surface area contributed by atoms with Gasteiger partial charge in [0.15, 0.2) is 0 Å². The first-order valence-corrected chi connectivity index (χ1v) is 8.39. The van der Waals surface area contributed by atoms with Gasteiger partial charge in [-0.05, 0) is 37.1 Å². The van der Waals surface area contributed by atoms with Crippen molar-refractivity contribution >= 4 is 29.1 Å². The summed E-state index contributed by atoms with van der Waals surface area (Å²) < 4.78 is 0. The Hall–Kier alpha value is -0.780. The fourth-order valence-electron chi connectivity index (χ4n) is 2.54. The molecule has 1 aliphatic heterocycles. The first-order chi connectivity index (χ1) is 9.63. The van der Waals surface area contributed by atoms with Crippen LogP contribution in [0.1, 0.15) is 18.9 Å². The summed E-state index contributed by atoms with van der Waals surface area (Å²) in [6, 6.07) is 5.34. The highest BCUT2D eigenvalue weighted by atomic mass is 35.5. The number of halogens is 1. The van der Waals surface area contributed by atoms with Crippen molar-refractivity contribution in [3.63, 3.8) is 0 Å². The standard InChI is InChI=1S/C14H19ClN2O2S/c1-2-6-16-13-9-20-8-10(13)7-11-12(15)4-3-5-14(11)17(18)19/h3-5,10,13,16H,2,6-9H2,1H3. The van der Waals surface area contributed by atoms with Crippen LogP contribution in [0.2, 0.25) is 5.02 Å². The van der Waals surface area contributed by atoms with Crippen molar-refractivity contribution in [2.24, 2.45) is 5.92 Å². The number of hydrogen-bond donors (Lipinski definition) is 1. The molecule has 2 unspecified atom stereocenters. The average Bonchev–Trinajstić information content (AvgIpc) is 2.85. The second-order valence-corrected chi connectivity index (χ2v) is 6.54. The fraction of sp³-hybridized carbons (Fsp3) is 0.571. The minimum atomic E-state index is -0.336. The van der Waals surface area contributed by atoms with Crippen molar-refractivity contribution in [3.8, 4) is 0 Å². The molecule has 0 aromatic heterocycles. The maximum absolute atomic E-state index is 11.1. The molecule has 1 aromatic carbocycles. The van der Waals surface area contributed by atoms with Gasteiger partial charge in [0.25, 0.3) is 5.69 Å². The van der Waals surface area contributed by atoms with Gasteiger partial charge >= 0.3 is 0 Å². The van der Waals surface area contributed by atoms with E-state index >= 15 is 0 Å². The Morgan fingerprint density at radius 2 is 2.30 bits per heavy atom. The topological polar surface area (TPSA) is 55.2 Å². The first-order valence-electron chi connectivity index (χ1n) is 6.86. The molecule has 1 saturated heterocycles. The smallest absolute Gasteiger partial charge is 0.274 e. The molecule has 1 heterocycles. The molecule has 0 bridgehead atoms. The third-order valence-electron chi connectivity index (χ3n) is 3.61. The molecule has 0 amide bonds. The SMILES string of the molecule is CCCNC1CSCC1Cc1c(Cl)cccc1[N+](=O)[O-]. The van der Waals surface area contributed by atoms with Gasteiger partial charge in [-0.3, -0.25) is 10.1 Å². The number of nitrogens with one attached hydrogen (secondary N) is 1. The summed E-state index contributed by atoms with van der Waals surface area (Å²) >= 11 is 8.08. The first kappa shape index (κ1) is 15.6. The number of rotatable bonds is 6. The predicted molar refractivity (Wildman–Crippen MR) is 84.7 cm³/mol. The van der Waals surface area contributed by atoms with Gasteiger partial charge in [-0.1, -0.05) is 24.6 Å². The van der Waals surface area contributed by atoms with Crippen LogP contribution in [0.25, 0.3) is 0 Å². The lowest BCUT2D eigenvalue weighted by atomic mass is 9.94. The van der Waals surface area contributed by atoms with E-state index in [1.54, 1.807) is 12.1 Å².